The molecule has 2 aromatic rings. The van der Waals surface area contributed by atoms with Crippen molar-refractivity contribution in [2.45, 2.75) is 12.3 Å². The summed E-state index contributed by atoms with van der Waals surface area (Å²) in [5.74, 6) is 0.357. The lowest BCUT2D eigenvalue weighted by molar-refractivity contribution is 0.684. The first kappa shape index (κ1) is 11.8. The second-order valence-corrected chi connectivity index (χ2v) is 5.30. The molecule has 16 heavy (non-hydrogen) atoms. The largest absolute Gasteiger partial charge is 0.330 e. The molecule has 2 rings (SSSR count). The van der Waals surface area contributed by atoms with Crippen LogP contribution in [0.1, 0.15) is 17.2 Å². The van der Waals surface area contributed by atoms with E-state index in [1.807, 2.05) is 5.51 Å². The molecule has 0 amide bonds. The first-order valence-corrected chi connectivity index (χ1v) is 6.86. The lowest BCUT2D eigenvalue weighted by Gasteiger charge is -2.13. The zero-order valence-corrected chi connectivity index (χ0v) is 11.2. The van der Waals surface area contributed by atoms with Crippen molar-refractivity contribution >= 4 is 27.3 Å². The van der Waals surface area contributed by atoms with Gasteiger partial charge in [0.1, 0.15) is 0 Å². The molecule has 0 saturated carbocycles. The van der Waals surface area contributed by atoms with Gasteiger partial charge in [0.2, 0.25) is 0 Å². The minimum atomic E-state index is 0.357. The van der Waals surface area contributed by atoms with Crippen LogP contribution in [0.25, 0.3) is 0 Å². The Morgan fingerprint density at radius 1 is 1.31 bits per heavy atom. The van der Waals surface area contributed by atoms with Gasteiger partial charge in [0.25, 0.3) is 0 Å². The summed E-state index contributed by atoms with van der Waals surface area (Å²) >= 11 is 5.07. The van der Waals surface area contributed by atoms with Gasteiger partial charge < -0.3 is 5.73 Å². The van der Waals surface area contributed by atoms with Gasteiger partial charge in [0.15, 0.2) is 0 Å². The third-order valence-corrected chi connectivity index (χ3v) is 3.73. The molecule has 0 aliphatic carbocycles. The third-order valence-electron chi connectivity index (χ3n) is 2.56. The average Bonchev–Trinajstić information content (AvgIpc) is 2.80. The van der Waals surface area contributed by atoms with Crippen molar-refractivity contribution in [1.82, 2.24) is 4.98 Å². The van der Waals surface area contributed by atoms with Gasteiger partial charge in [-0.3, -0.25) is 0 Å². The van der Waals surface area contributed by atoms with Crippen LogP contribution in [0.2, 0.25) is 0 Å². The number of aromatic nitrogens is 1. The highest BCUT2D eigenvalue weighted by Gasteiger charge is 2.11. The predicted octanol–water partition coefficient (Wildman–Crippen LogP) is 3.19. The normalized spacial score (nSPS) is 12.6. The molecule has 0 saturated heterocycles. The van der Waals surface area contributed by atoms with Crippen LogP contribution in [0.5, 0.6) is 0 Å². The van der Waals surface area contributed by atoms with Crippen LogP contribution in [-0.4, -0.2) is 11.5 Å². The molecule has 0 aliphatic heterocycles. The molecule has 1 aromatic heterocycles. The predicted molar refractivity (Wildman–Crippen MR) is 71.8 cm³/mol. The molecule has 4 heteroatoms. The van der Waals surface area contributed by atoms with E-state index < -0.39 is 0 Å². The molecule has 0 radical (unpaired) electrons. The quantitative estimate of drug-likeness (QED) is 0.941. The van der Waals surface area contributed by atoms with Crippen molar-refractivity contribution in [1.29, 1.82) is 0 Å². The van der Waals surface area contributed by atoms with E-state index in [1.165, 1.54) is 5.56 Å². The molecule has 0 bridgehead atoms. The number of hydrogen-bond donors (Lipinski definition) is 1. The topological polar surface area (TPSA) is 38.9 Å². The maximum Gasteiger partial charge on any atom is 0.0794 e. The Bertz CT molecular complexity index is 425. The molecule has 0 spiro atoms. The van der Waals surface area contributed by atoms with Gasteiger partial charge in [0.05, 0.1) is 11.2 Å². The van der Waals surface area contributed by atoms with E-state index in [4.69, 9.17) is 5.73 Å². The number of nitrogens with two attached hydrogens (primary N) is 1. The monoisotopic (exact) mass is 296 g/mol. The molecule has 1 heterocycles. The summed E-state index contributed by atoms with van der Waals surface area (Å²) in [7, 11) is 0. The van der Waals surface area contributed by atoms with Gasteiger partial charge in [0, 0.05) is 15.8 Å². The molecule has 2 N–H and O–H groups in total. The van der Waals surface area contributed by atoms with E-state index in [2.05, 4.69) is 50.6 Å². The lowest BCUT2D eigenvalue weighted by atomic mass is 9.95. The van der Waals surface area contributed by atoms with Crippen LogP contribution >= 0.6 is 27.3 Å². The van der Waals surface area contributed by atoms with Gasteiger partial charge in [-0.15, -0.1) is 11.3 Å². The maximum absolute atomic E-state index is 5.82. The Hall–Kier alpha value is -0.710. The van der Waals surface area contributed by atoms with Crippen molar-refractivity contribution < 1.29 is 0 Å². The Kier molecular flexibility index (Phi) is 4.09. The highest BCUT2D eigenvalue weighted by molar-refractivity contribution is 9.10. The van der Waals surface area contributed by atoms with Crippen molar-refractivity contribution in [3.05, 3.63) is 50.9 Å². The Morgan fingerprint density at radius 3 is 2.62 bits per heavy atom. The molecule has 0 fully saturated rings. The van der Waals surface area contributed by atoms with Gasteiger partial charge in [-0.05, 0) is 30.7 Å². The number of thiazole rings is 1. The van der Waals surface area contributed by atoms with Crippen molar-refractivity contribution in [2.75, 3.05) is 6.54 Å². The maximum atomic E-state index is 5.82. The molecule has 84 valence electrons. The summed E-state index contributed by atoms with van der Waals surface area (Å²) in [4.78, 5) is 4.30. The van der Waals surface area contributed by atoms with Gasteiger partial charge in [-0.2, -0.15) is 0 Å². The van der Waals surface area contributed by atoms with Crippen molar-refractivity contribution in [3.8, 4) is 0 Å². The van der Waals surface area contributed by atoms with Crippen LogP contribution in [0, 0.1) is 0 Å². The van der Waals surface area contributed by atoms with Crippen LogP contribution in [0.4, 0.5) is 0 Å². The summed E-state index contributed by atoms with van der Waals surface area (Å²) in [5, 5.41) is 2.08. The summed E-state index contributed by atoms with van der Waals surface area (Å²) in [6.45, 7) is 0.652. The molecule has 1 atom stereocenters. The fraction of sp³-hybridized carbons (Fsp3) is 0.250. The first-order valence-electron chi connectivity index (χ1n) is 5.12. The second kappa shape index (κ2) is 5.57. The van der Waals surface area contributed by atoms with Gasteiger partial charge in [-0.1, -0.05) is 28.1 Å². The molecule has 1 unspecified atom stereocenters. The van der Waals surface area contributed by atoms with Crippen LogP contribution in [0.3, 0.4) is 0 Å². The van der Waals surface area contributed by atoms with Crippen LogP contribution in [-0.2, 0) is 6.42 Å². The highest BCUT2D eigenvalue weighted by atomic mass is 79.9. The van der Waals surface area contributed by atoms with E-state index in [-0.39, 0.29) is 0 Å². The SMILES string of the molecule is NCC(Cc1cscn1)c1ccc(Br)cc1. The smallest absolute Gasteiger partial charge is 0.0794 e. The molecule has 1 aromatic carbocycles. The van der Waals surface area contributed by atoms with E-state index >= 15 is 0 Å². The van der Waals surface area contributed by atoms with Crippen LogP contribution < -0.4 is 5.73 Å². The lowest BCUT2D eigenvalue weighted by Crippen LogP contribution is -2.15. The molecule has 0 aliphatic rings. The summed E-state index contributed by atoms with van der Waals surface area (Å²) < 4.78 is 1.10. The van der Waals surface area contributed by atoms with Gasteiger partial charge >= 0.3 is 0 Å². The summed E-state index contributed by atoms with van der Waals surface area (Å²) in [6, 6.07) is 8.35. The van der Waals surface area contributed by atoms with Crippen LogP contribution in [0.15, 0.2) is 39.6 Å². The number of benzene rings is 1. The minimum Gasteiger partial charge on any atom is -0.330 e. The van der Waals surface area contributed by atoms with Crippen molar-refractivity contribution in [2.24, 2.45) is 5.73 Å². The van der Waals surface area contributed by atoms with E-state index in [0.29, 0.717) is 12.5 Å². The minimum absolute atomic E-state index is 0.357. The zero-order chi connectivity index (χ0) is 11.4. The second-order valence-electron chi connectivity index (χ2n) is 3.67. The molecule has 2 nitrogen and oxygen atoms in total. The van der Waals surface area contributed by atoms with E-state index in [9.17, 15) is 0 Å². The van der Waals surface area contributed by atoms with Gasteiger partial charge in [-0.25, -0.2) is 4.98 Å². The first-order chi connectivity index (χ1) is 7.79. The third kappa shape index (κ3) is 2.90. The average molecular weight is 297 g/mol. The standard InChI is InChI=1S/C12H13BrN2S/c13-11-3-1-9(2-4-11)10(6-14)5-12-7-16-8-15-12/h1-4,7-8,10H,5-6,14H2. The highest BCUT2D eigenvalue weighted by Crippen LogP contribution is 2.21. The Morgan fingerprint density at radius 2 is 2.06 bits per heavy atom. The number of hydrogen-bond acceptors (Lipinski definition) is 3. The fourth-order valence-electron chi connectivity index (χ4n) is 1.66. The Labute approximate surface area is 108 Å². The summed E-state index contributed by atoms with van der Waals surface area (Å²) in [6.07, 6.45) is 0.918. The van der Waals surface area contributed by atoms with Crippen molar-refractivity contribution in [3.63, 3.8) is 0 Å². The molecular weight excluding hydrogens is 284 g/mol. The zero-order valence-electron chi connectivity index (χ0n) is 8.77. The number of halogens is 1. The fourth-order valence-corrected chi connectivity index (χ4v) is 2.50. The number of nitrogens with zero attached hydrogens (tertiary/aromatic N) is 1. The summed E-state index contributed by atoms with van der Waals surface area (Å²) in [5.41, 5.74) is 10.1. The Balaban J connectivity index is 2.13. The number of rotatable bonds is 4. The van der Waals surface area contributed by atoms with E-state index in [1.54, 1.807) is 11.3 Å². The van der Waals surface area contributed by atoms with E-state index in [0.717, 1.165) is 16.6 Å². The molecular formula is C12H13BrN2S.